The molecule has 7 heteroatoms. The molecule has 0 aromatic heterocycles. The van der Waals surface area contributed by atoms with E-state index in [2.05, 4.69) is 15.9 Å². The first kappa shape index (κ1) is 15.9. The van der Waals surface area contributed by atoms with Crippen molar-refractivity contribution in [1.82, 2.24) is 0 Å². The maximum Gasteiger partial charge on any atom is 0.416 e. The van der Waals surface area contributed by atoms with Crippen molar-refractivity contribution in [2.24, 2.45) is 5.73 Å². The van der Waals surface area contributed by atoms with Crippen LogP contribution in [0.4, 0.5) is 22.0 Å². The van der Waals surface area contributed by atoms with E-state index < -0.39 is 29.4 Å². The van der Waals surface area contributed by atoms with Gasteiger partial charge in [0.1, 0.15) is 0 Å². The Labute approximate surface area is 125 Å². The van der Waals surface area contributed by atoms with E-state index in [1.165, 1.54) is 18.2 Å². The second-order valence-electron chi connectivity index (χ2n) is 4.37. The van der Waals surface area contributed by atoms with E-state index in [0.29, 0.717) is 0 Å². The summed E-state index contributed by atoms with van der Waals surface area (Å²) in [5.74, 6) is -2.20. The molecule has 1 atom stereocenters. The van der Waals surface area contributed by atoms with Crippen molar-refractivity contribution in [3.63, 3.8) is 0 Å². The molecule has 1 unspecified atom stereocenters. The third kappa shape index (κ3) is 3.24. The third-order valence-corrected chi connectivity index (χ3v) is 3.78. The number of hydrogen-bond donors (Lipinski definition) is 1. The second-order valence-corrected chi connectivity index (χ2v) is 5.16. The summed E-state index contributed by atoms with van der Waals surface area (Å²) in [4.78, 5) is 0. The minimum absolute atomic E-state index is 0.150. The van der Waals surface area contributed by atoms with Gasteiger partial charge in [-0.2, -0.15) is 13.2 Å². The quantitative estimate of drug-likeness (QED) is 0.600. The van der Waals surface area contributed by atoms with E-state index in [9.17, 15) is 22.0 Å². The van der Waals surface area contributed by atoms with Crippen molar-refractivity contribution in [2.75, 3.05) is 0 Å². The predicted octanol–water partition coefficient (Wildman–Crippen LogP) is 4.79. The highest BCUT2D eigenvalue weighted by Crippen LogP contribution is 2.34. The zero-order valence-corrected chi connectivity index (χ0v) is 12.0. The van der Waals surface area contributed by atoms with Crippen molar-refractivity contribution in [1.29, 1.82) is 0 Å². The van der Waals surface area contributed by atoms with E-state index >= 15 is 0 Å². The van der Waals surface area contributed by atoms with Crippen molar-refractivity contribution in [3.8, 4) is 0 Å². The molecule has 1 nitrogen and oxygen atoms in total. The summed E-state index contributed by atoms with van der Waals surface area (Å²) in [5, 5.41) is 0. The summed E-state index contributed by atoms with van der Waals surface area (Å²) in [7, 11) is 0. The molecule has 0 spiro atoms. The molecule has 2 rings (SSSR count). The SMILES string of the molecule is NC(c1cccc(C(F)(F)F)c1)c1ccc(F)c(F)c1Br. The van der Waals surface area contributed by atoms with Crippen LogP contribution in [0, 0.1) is 11.6 Å². The molecule has 21 heavy (non-hydrogen) atoms. The lowest BCUT2D eigenvalue weighted by Gasteiger charge is -2.16. The highest BCUT2D eigenvalue weighted by atomic mass is 79.9. The average molecular weight is 366 g/mol. The maximum atomic E-state index is 13.5. The molecule has 0 aliphatic carbocycles. The first-order valence-electron chi connectivity index (χ1n) is 5.78. The molecule has 0 aliphatic heterocycles. The molecule has 0 amide bonds. The molecule has 0 aliphatic rings. The fourth-order valence-corrected chi connectivity index (χ4v) is 2.44. The van der Waals surface area contributed by atoms with E-state index in [1.807, 2.05) is 0 Å². The van der Waals surface area contributed by atoms with E-state index in [4.69, 9.17) is 5.73 Å². The van der Waals surface area contributed by atoms with E-state index in [1.54, 1.807) is 0 Å². The first-order chi connectivity index (χ1) is 9.71. The number of halogens is 6. The summed E-state index contributed by atoms with van der Waals surface area (Å²) >= 11 is 2.87. The molecule has 0 fully saturated rings. The minimum atomic E-state index is -4.50. The van der Waals surface area contributed by atoms with Crippen LogP contribution in [0.1, 0.15) is 22.7 Å². The summed E-state index contributed by atoms with van der Waals surface area (Å²) in [5.41, 5.74) is 5.32. The Morgan fingerprint density at radius 2 is 1.71 bits per heavy atom. The summed E-state index contributed by atoms with van der Waals surface area (Å²) < 4.78 is 64.3. The van der Waals surface area contributed by atoms with E-state index in [-0.39, 0.29) is 15.6 Å². The minimum Gasteiger partial charge on any atom is -0.320 e. The van der Waals surface area contributed by atoms with Gasteiger partial charge in [-0.05, 0) is 45.3 Å². The topological polar surface area (TPSA) is 26.0 Å². The molecule has 2 N–H and O–H groups in total. The van der Waals surface area contributed by atoms with Crippen molar-refractivity contribution < 1.29 is 22.0 Å². The van der Waals surface area contributed by atoms with Crippen LogP contribution in [-0.4, -0.2) is 0 Å². The number of rotatable bonds is 2. The van der Waals surface area contributed by atoms with Gasteiger partial charge in [0.15, 0.2) is 11.6 Å². The van der Waals surface area contributed by atoms with Gasteiger partial charge in [0, 0.05) is 0 Å². The summed E-state index contributed by atoms with van der Waals surface area (Å²) in [6, 6.07) is 5.50. The van der Waals surface area contributed by atoms with E-state index in [0.717, 1.165) is 18.2 Å². The van der Waals surface area contributed by atoms with Crippen molar-refractivity contribution in [3.05, 3.63) is 69.2 Å². The number of hydrogen-bond acceptors (Lipinski definition) is 1. The lowest BCUT2D eigenvalue weighted by Crippen LogP contribution is -2.15. The first-order valence-corrected chi connectivity index (χ1v) is 6.57. The van der Waals surface area contributed by atoms with Gasteiger partial charge >= 0.3 is 6.18 Å². The van der Waals surface area contributed by atoms with Crippen LogP contribution in [0.3, 0.4) is 0 Å². The highest BCUT2D eigenvalue weighted by molar-refractivity contribution is 9.10. The largest absolute Gasteiger partial charge is 0.416 e. The van der Waals surface area contributed by atoms with Gasteiger partial charge in [0.2, 0.25) is 0 Å². The lowest BCUT2D eigenvalue weighted by molar-refractivity contribution is -0.137. The van der Waals surface area contributed by atoms with Gasteiger partial charge in [-0.15, -0.1) is 0 Å². The fourth-order valence-electron chi connectivity index (χ4n) is 1.87. The lowest BCUT2D eigenvalue weighted by atomic mass is 9.97. The molecule has 0 radical (unpaired) electrons. The average Bonchev–Trinajstić information content (AvgIpc) is 2.43. The Morgan fingerprint density at radius 1 is 1.05 bits per heavy atom. The van der Waals surface area contributed by atoms with Gasteiger partial charge < -0.3 is 5.73 Å². The summed E-state index contributed by atoms with van der Waals surface area (Å²) in [6.45, 7) is 0. The molecular weight excluding hydrogens is 357 g/mol. The second kappa shape index (κ2) is 5.73. The molecule has 2 aromatic rings. The molecular formula is C14H9BrF5N. The number of benzene rings is 2. The van der Waals surface area contributed by atoms with Crippen molar-refractivity contribution in [2.45, 2.75) is 12.2 Å². The Balaban J connectivity index is 2.46. The smallest absolute Gasteiger partial charge is 0.320 e. The molecule has 0 heterocycles. The fraction of sp³-hybridized carbons (Fsp3) is 0.143. The Hall–Kier alpha value is -1.47. The Morgan fingerprint density at radius 3 is 2.33 bits per heavy atom. The Bertz CT molecular complexity index is 669. The van der Waals surface area contributed by atoms with Crippen LogP contribution in [0.2, 0.25) is 0 Å². The highest BCUT2D eigenvalue weighted by Gasteiger charge is 2.31. The number of nitrogens with two attached hydrogens (primary N) is 1. The van der Waals surface area contributed by atoms with Crippen molar-refractivity contribution >= 4 is 15.9 Å². The molecule has 0 saturated heterocycles. The predicted molar refractivity (Wildman–Crippen MR) is 71.5 cm³/mol. The van der Waals surface area contributed by atoms with Crippen LogP contribution in [0.25, 0.3) is 0 Å². The maximum absolute atomic E-state index is 13.5. The van der Waals surface area contributed by atoms with Crippen LogP contribution in [-0.2, 0) is 6.18 Å². The van der Waals surface area contributed by atoms with Gasteiger partial charge in [0.05, 0.1) is 16.1 Å². The number of alkyl halides is 3. The zero-order chi connectivity index (χ0) is 15.8. The third-order valence-electron chi connectivity index (χ3n) is 2.97. The molecule has 0 saturated carbocycles. The van der Waals surface area contributed by atoms with Crippen LogP contribution in [0.5, 0.6) is 0 Å². The standard InChI is InChI=1S/C14H9BrF5N/c15-11-9(4-5-10(16)12(11)17)13(21)7-2-1-3-8(6-7)14(18,19)20/h1-6,13H,21H2. The Kier molecular flexibility index (Phi) is 4.34. The molecule has 2 aromatic carbocycles. The van der Waals surface area contributed by atoms with Gasteiger partial charge in [-0.1, -0.05) is 18.2 Å². The summed E-state index contributed by atoms with van der Waals surface area (Å²) in [6.07, 6.45) is -4.50. The van der Waals surface area contributed by atoms with Crippen LogP contribution in [0.15, 0.2) is 40.9 Å². The van der Waals surface area contributed by atoms with Crippen LogP contribution < -0.4 is 5.73 Å². The molecule has 112 valence electrons. The van der Waals surface area contributed by atoms with Gasteiger partial charge in [-0.3, -0.25) is 0 Å². The van der Waals surface area contributed by atoms with Gasteiger partial charge in [0.25, 0.3) is 0 Å². The zero-order valence-electron chi connectivity index (χ0n) is 10.4. The molecule has 0 bridgehead atoms. The normalized spacial score (nSPS) is 13.3. The monoisotopic (exact) mass is 365 g/mol. The van der Waals surface area contributed by atoms with Gasteiger partial charge in [-0.25, -0.2) is 8.78 Å². The van der Waals surface area contributed by atoms with Crippen LogP contribution >= 0.6 is 15.9 Å².